The standard InChI is InChI=1S/C17H25ClFNO/c1-4-7-20-17(12-6-8-21-16(12)5-2)13-9-11(3)15(19)10-14(13)18/h9-10,12,16-17,20H,4-8H2,1-3H3. The zero-order valence-corrected chi connectivity index (χ0v) is 13.8. The molecule has 21 heavy (non-hydrogen) atoms. The molecule has 1 N–H and O–H groups in total. The Balaban J connectivity index is 2.33. The number of hydrogen-bond acceptors (Lipinski definition) is 2. The van der Waals surface area contributed by atoms with Crippen LogP contribution in [0.3, 0.4) is 0 Å². The molecule has 4 heteroatoms. The van der Waals surface area contributed by atoms with E-state index in [0.717, 1.165) is 38.0 Å². The Kier molecular flexibility index (Phi) is 6.03. The molecule has 2 rings (SSSR count). The van der Waals surface area contributed by atoms with Gasteiger partial charge >= 0.3 is 0 Å². The van der Waals surface area contributed by atoms with Gasteiger partial charge in [-0.15, -0.1) is 0 Å². The summed E-state index contributed by atoms with van der Waals surface area (Å²) in [5.74, 6) is 0.150. The van der Waals surface area contributed by atoms with Crippen molar-refractivity contribution in [3.8, 4) is 0 Å². The van der Waals surface area contributed by atoms with E-state index < -0.39 is 0 Å². The second kappa shape index (κ2) is 7.57. The number of ether oxygens (including phenoxy) is 1. The molecule has 0 saturated carbocycles. The summed E-state index contributed by atoms with van der Waals surface area (Å²) in [6, 6.07) is 3.45. The van der Waals surface area contributed by atoms with Gasteiger partial charge in [-0.3, -0.25) is 0 Å². The van der Waals surface area contributed by atoms with Gasteiger partial charge < -0.3 is 10.1 Å². The Morgan fingerprint density at radius 3 is 2.86 bits per heavy atom. The van der Waals surface area contributed by atoms with Crippen molar-refractivity contribution in [3.63, 3.8) is 0 Å². The van der Waals surface area contributed by atoms with Gasteiger partial charge in [0.15, 0.2) is 0 Å². The van der Waals surface area contributed by atoms with Gasteiger partial charge in [-0.05, 0) is 49.9 Å². The third kappa shape index (κ3) is 3.77. The second-order valence-corrected chi connectivity index (χ2v) is 6.23. The van der Waals surface area contributed by atoms with Crippen LogP contribution in [0, 0.1) is 18.7 Å². The second-order valence-electron chi connectivity index (χ2n) is 5.82. The summed E-state index contributed by atoms with van der Waals surface area (Å²) in [4.78, 5) is 0. The van der Waals surface area contributed by atoms with Crippen molar-refractivity contribution in [1.29, 1.82) is 0 Å². The van der Waals surface area contributed by atoms with Crippen molar-refractivity contribution >= 4 is 11.6 Å². The van der Waals surface area contributed by atoms with E-state index in [1.54, 1.807) is 6.92 Å². The molecule has 1 aliphatic rings. The molecule has 1 fully saturated rings. The van der Waals surface area contributed by atoms with Crippen LogP contribution in [0.2, 0.25) is 5.02 Å². The number of nitrogens with one attached hydrogen (secondary N) is 1. The molecule has 3 atom stereocenters. The molecule has 118 valence electrons. The zero-order chi connectivity index (χ0) is 15.4. The van der Waals surface area contributed by atoms with Crippen LogP contribution >= 0.6 is 11.6 Å². The van der Waals surface area contributed by atoms with Crippen LogP contribution in [0.4, 0.5) is 4.39 Å². The maximum atomic E-state index is 13.7. The van der Waals surface area contributed by atoms with Gasteiger partial charge in [0.05, 0.1) is 6.10 Å². The van der Waals surface area contributed by atoms with Gasteiger partial charge in [-0.1, -0.05) is 31.5 Å². The van der Waals surface area contributed by atoms with Crippen molar-refractivity contribution in [2.24, 2.45) is 5.92 Å². The van der Waals surface area contributed by atoms with Crippen LogP contribution in [0.25, 0.3) is 0 Å². The van der Waals surface area contributed by atoms with Gasteiger partial charge in [0.1, 0.15) is 5.82 Å². The fourth-order valence-corrected chi connectivity index (χ4v) is 3.44. The minimum Gasteiger partial charge on any atom is -0.378 e. The van der Waals surface area contributed by atoms with Crippen molar-refractivity contribution in [3.05, 3.63) is 34.1 Å². The van der Waals surface area contributed by atoms with E-state index in [1.807, 2.05) is 6.07 Å². The third-order valence-corrected chi connectivity index (χ3v) is 4.65. The molecular weight excluding hydrogens is 289 g/mol. The van der Waals surface area contributed by atoms with E-state index in [0.29, 0.717) is 16.5 Å². The van der Waals surface area contributed by atoms with E-state index in [4.69, 9.17) is 16.3 Å². The van der Waals surface area contributed by atoms with E-state index in [-0.39, 0.29) is 18.0 Å². The first-order valence-corrected chi connectivity index (χ1v) is 8.26. The molecule has 2 nitrogen and oxygen atoms in total. The Bertz CT molecular complexity index is 480. The highest BCUT2D eigenvalue weighted by Gasteiger charge is 2.35. The van der Waals surface area contributed by atoms with Crippen LogP contribution in [-0.2, 0) is 4.74 Å². The van der Waals surface area contributed by atoms with Crippen LogP contribution in [0.1, 0.15) is 50.3 Å². The number of benzene rings is 1. The lowest BCUT2D eigenvalue weighted by molar-refractivity contribution is 0.0774. The molecule has 1 aliphatic heterocycles. The predicted molar refractivity (Wildman–Crippen MR) is 85.3 cm³/mol. The van der Waals surface area contributed by atoms with Crippen molar-refractivity contribution in [2.75, 3.05) is 13.2 Å². The number of rotatable bonds is 6. The zero-order valence-electron chi connectivity index (χ0n) is 13.1. The molecule has 0 bridgehead atoms. The van der Waals surface area contributed by atoms with Crippen LogP contribution in [0.5, 0.6) is 0 Å². The lowest BCUT2D eigenvalue weighted by atomic mass is 9.86. The van der Waals surface area contributed by atoms with Crippen molar-refractivity contribution < 1.29 is 9.13 Å². The Labute approximate surface area is 132 Å². The van der Waals surface area contributed by atoms with E-state index >= 15 is 0 Å². The monoisotopic (exact) mass is 313 g/mol. The SMILES string of the molecule is CCCNC(c1cc(C)c(F)cc1Cl)C1CCOC1CC. The van der Waals surface area contributed by atoms with Crippen molar-refractivity contribution in [1.82, 2.24) is 5.32 Å². The fraction of sp³-hybridized carbons (Fsp3) is 0.647. The summed E-state index contributed by atoms with van der Waals surface area (Å²) in [6.07, 6.45) is 3.32. The third-order valence-electron chi connectivity index (χ3n) is 4.32. The molecule has 1 aromatic carbocycles. The summed E-state index contributed by atoms with van der Waals surface area (Å²) < 4.78 is 19.5. The summed E-state index contributed by atoms with van der Waals surface area (Å²) in [5, 5.41) is 4.10. The van der Waals surface area contributed by atoms with Gasteiger partial charge in [0.2, 0.25) is 0 Å². The average molecular weight is 314 g/mol. The Morgan fingerprint density at radius 2 is 2.19 bits per heavy atom. The molecule has 0 spiro atoms. The van der Waals surface area contributed by atoms with Crippen LogP contribution in [-0.4, -0.2) is 19.3 Å². The van der Waals surface area contributed by atoms with Gasteiger partial charge in [0.25, 0.3) is 0 Å². The van der Waals surface area contributed by atoms with Gasteiger partial charge in [-0.25, -0.2) is 4.39 Å². The number of hydrogen-bond donors (Lipinski definition) is 1. The molecule has 1 heterocycles. The molecule has 3 unspecified atom stereocenters. The quantitative estimate of drug-likeness (QED) is 0.826. The largest absolute Gasteiger partial charge is 0.378 e. The first-order chi connectivity index (χ1) is 10.1. The van der Waals surface area contributed by atoms with Crippen molar-refractivity contribution in [2.45, 2.75) is 52.2 Å². The number of aryl methyl sites for hydroxylation is 1. The lowest BCUT2D eigenvalue weighted by Gasteiger charge is -2.29. The number of halogens is 2. The smallest absolute Gasteiger partial charge is 0.127 e. The highest BCUT2D eigenvalue weighted by atomic mass is 35.5. The maximum absolute atomic E-state index is 13.7. The molecule has 0 aliphatic carbocycles. The Morgan fingerprint density at radius 1 is 1.43 bits per heavy atom. The van der Waals surface area contributed by atoms with Crippen LogP contribution < -0.4 is 5.32 Å². The predicted octanol–water partition coefficient (Wildman–Crippen LogP) is 4.64. The minimum absolute atomic E-state index is 0.129. The van der Waals surface area contributed by atoms with Gasteiger partial charge in [0, 0.05) is 23.6 Å². The van der Waals surface area contributed by atoms with Gasteiger partial charge in [-0.2, -0.15) is 0 Å². The molecule has 0 aromatic heterocycles. The first kappa shape index (κ1) is 16.7. The fourth-order valence-electron chi connectivity index (χ4n) is 3.18. The molecule has 1 saturated heterocycles. The highest BCUT2D eigenvalue weighted by Crippen LogP contribution is 2.38. The Hall–Kier alpha value is -0.640. The molecular formula is C17H25ClFNO. The maximum Gasteiger partial charge on any atom is 0.127 e. The topological polar surface area (TPSA) is 21.3 Å². The van der Waals surface area contributed by atoms with E-state index in [1.165, 1.54) is 6.07 Å². The van der Waals surface area contributed by atoms with E-state index in [9.17, 15) is 4.39 Å². The molecule has 0 amide bonds. The average Bonchev–Trinajstić information content (AvgIpc) is 2.93. The first-order valence-electron chi connectivity index (χ1n) is 7.89. The summed E-state index contributed by atoms with van der Waals surface area (Å²) in [7, 11) is 0. The summed E-state index contributed by atoms with van der Waals surface area (Å²) in [5.41, 5.74) is 1.64. The highest BCUT2D eigenvalue weighted by molar-refractivity contribution is 6.31. The lowest BCUT2D eigenvalue weighted by Crippen LogP contribution is -2.33. The van der Waals surface area contributed by atoms with Crippen LogP contribution in [0.15, 0.2) is 12.1 Å². The summed E-state index contributed by atoms with van der Waals surface area (Å²) in [6.45, 7) is 7.80. The normalized spacial score (nSPS) is 23.5. The molecule has 1 aromatic rings. The minimum atomic E-state index is -0.243. The molecule has 0 radical (unpaired) electrons. The van der Waals surface area contributed by atoms with E-state index in [2.05, 4.69) is 19.2 Å². The summed E-state index contributed by atoms with van der Waals surface area (Å²) >= 11 is 6.32.